The van der Waals surface area contributed by atoms with Gasteiger partial charge in [0.05, 0.1) is 6.04 Å². The number of carbonyl (C=O) groups excluding carboxylic acids is 3. The lowest BCUT2D eigenvalue weighted by Gasteiger charge is -2.22. The molecule has 0 bridgehead atoms. The Labute approximate surface area is 221 Å². The molecule has 0 saturated carbocycles. The SMILES string of the molecule is Cc1cc(=O)oc2cc(NC(=O)[C@@H](N)CCCN=C(NC(=O)OC(C)(C)C)NC(=O)OC(C)(C)C)ccc12. The van der Waals surface area contributed by atoms with Crippen LogP contribution >= 0.6 is 0 Å². The Kier molecular flexibility index (Phi) is 10.0. The third kappa shape index (κ3) is 10.6. The molecule has 1 aromatic heterocycles. The Morgan fingerprint density at radius 3 is 2.13 bits per heavy atom. The summed E-state index contributed by atoms with van der Waals surface area (Å²) in [4.78, 5) is 52.7. The van der Waals surface area contributed by atoms with Crippen molar-refractivity contribution < 1.29 is 28.3 Å². The van der Waals surface area contributed by atoms with Crippen molar-refractivity contribution in [2.45, 2.75) is 78.6 Å². The molecule has 2 aromatic rings. The van der Waals surface area contributed by atoms with E-state index in [-0.39, 0.29) is 18.9 Å². The van der Waals surface area contributed by atoms with E-state index in [4.69, 9.17) is 19.6 Å². The maximum Gasteiger partial charge on any atom is 0.414 e. The highest BCUT2D eigenvalue weighted by molar-refractivity contribution is 6.01. The third-order valence-corrected chi connectivity index (χ3v) is 4.74. The van der Waals surface area contributed by atoms with Crippen LogP contribution < -0.4 is 27.3 Å². The van der Waals surface area contributed by atoms with E-state index in [2.05, 4.69) is 20.9 Å². The molecule has 0 fully saturated rings. The fourth-order valence-corrected chi connectivity index (χ4v) is 3.18. The Bertz CT molecular complexity index is 1220. The predicted molar refractivity (Wildman–Crippen MR) is 144 cm³/mol. The fourth-order valence-electron chi connectivity index (χ4n) is 3.18. The van der Waals surface area contributed by atoms with Crippen molar-refractivity contribution in [2.24, 2.45) is 10.7 Å². The summed E-state index contributed by atoms with van der Waals surface area (Å²) in [5.41, 5.74) is 5.62. The number of ether oxygens (including phenoxy) is 2. The summed E-state index contributed by atoms with van der Waals surface area (Å²) in [6.07, 6.45) is -0.964. The standard InChI is InChI=1S/C26H37N5O7/c1-15-13-20(32)36-19-14-16(10-11-17(15)19)29-21(33)18(27)9-8-12-28-22(30-23(34)37-25(2,3)4)31-24(35)38-26(5,6)7/h10-11,13-14,18H,8-9,12,27H2,1-7H3,(H,29,33)(H2,28,30,31,34,35)/t18-/m0/s1. The van der Waals surface area contributed by atoms with Crippen molar-refractivity contribution in [1.29, 1.82) is 0 Å². The van der Waals surface area contributed by atoms with Crippen molar-refractivity contribution in [1.82, 2.24) is 10.6 Å². The van der Waals surface area contributed by atoms with Gasteiger partial charge in [0.15, 0.2) is 0 Å². The number of aryl methyl sites for hydroxylation is 1. The first-order valence-corrected chi connectivity index (χ1v) is 12.2. The number of alkyl carbamates (subject to hydrolysis) is 2. The number of benzene rings is 1. The highest BCUT2D eigenvalue weighted by Crippen LogP contribution is 2.21. The number of aliphatic imine (C=N–C) groups is 1. The molecule has 208 valence electrons. The average Bonchev–Trinajstić information content (AvgIpc) is 2.73. The third-order valence-electron chi connectivity index (χ3n) is 4.74. The van der Waals surface area contributed by atoms with Gasteiger partial charge in [-0.15, -0.1) is 0 Å². The second-order valence-corrected chi connectivity index (χ2v) is 10.7. The van der Waals surface area contributed by atoms with Gasteiger partial charge in [-0.05, 0) is 79.0 Å². The van der Waals surface area contributed by atoms with Gasteiger partial charge in [0.2, 0.25) is 11.9 Å². The minimum atomic E-state index is -0.855. The first kappa shape index (κ1) is 30.3. The van der Waals surface area contributed by atoms with E-state index in [1.807, 2.05) is 0 Å². The molecule has 12 nitrogen and oxygen atoms in total. The summed E-state index contributed by atoms with van der Waals surface area (Å²) in [6, 6.07) is 5.56. The average molecular weight is 532 g/mol. The molecule has 0 radical (unpaired) electrons. The quantitative estimate of drug-likeness (QED) is 0.189. The van der Waals surface area contributed by atoms with E-state index in [1.165, 1.54) is 6.07 Å². The van der Waals surface area contributed by atoms with Gasteiger partial charge in [-0.2, -0.15) is 0 Å². The molecule has 0 aliphatic rings. The summed E-state index contributed by atoms with van der Waals surface area (Å²) in [5.74, 6) is -0.582. The number of hydrogen-bond acceptors (Lipinski definition) is 9. The number of nitrogens with zero attached hydrogens (tertiary/aromatic N) is 1. The zero-order chi connectivity index (χ0) is 28.7. The number of nitrogens with one attached hydrogen (secondary N) is 3. The van der Waals surface area contributed by atoms with Crippen LogP contribution in [0, 0.1) is 6.92 Å². The highest BCUT2D eigenvalue weighted by Gasteiger charge is 2.21. The van der Waals surface area contributed by atoms with Crippen LogP contribution in [-0.2, 0) is 14.3 Å². The molecular formula is C26H37N5O7. The van der Waals surface area contributed by atoms with Crippen LogP contribution in [0.25, 0.3) is 11.0 Å². The molecule has 5 N–H and O–H groups in total. The Morgan fingerprint density at radius 2 is 1.58 bits per heavy atom. The maximum absolute atomic E-state index is 12.6. The molecule has 0 unspecified atom stereocenters. The van der Waals surface area contributed by atoms with Crippen molar-refractivity contribution in [2.75, 3.05) is 11.9 Å². The largest absolute Gasteiger partial charge is 0.444 e. The molecule has 0 aliphatic carbocycles. The van der Waals surface area contributed by atoms with Crippen LogP contribution in [0.4, 0.5) is 15.3 Å². The van der Waals surface area contributed by atoms with E-state index in [9.17, 15) is 19.2 Å². The maximum atomic E-state index is 12.6. The van der Waals surface area contributed by atoms with Crippen molar-refractivity contribution in [3.8, 4) is 0 Å². The number of guanidine groups is 1. The molecule has 0 spiro atoms. The van der Waals surface area contributed by atoms with Crippen LogP contribution in [-0.4, -0.2) is 47.8 Å². The molecular weight excluding hydrogens is 494 g/mol. The highest BCUT2D eigenvalue weighted by atomic mass is 16.6. The van der Waals surface area contributed by atoms with Gasteiger partial charge in [0.25, 0.3) is 0 Å². The van der Waals surface area contributed by atoms with Gasteiger partial charge < -0.3 is 24.9 Å². The summed E-state index contributed by atoms with van der Waals surface area (Å²) >= 11 is 0. The second-order valence-electron chi connectivity index (χ2n) is 10.7. The Hall–Kier alpha value is -3.93. The lowest BCUT2D eigenvalue weighted by atomic mass is 10.1. The minimum absolute atomic E-state index is 0.141. The van der Waals surface area contributed by atoms with Gasteiger partial charge >= 0.3 is 17.8 Å². The molecule has 0 saturated heterocycles. The van der Waals surface area contributed by atoms with E-state index >= 15 is 0 Å². The Morgan fingerprint density at radius 1 is 1.00 bits per heavy atom. The van der Waals surface area contributed by atoms with Gasteiger partial charge in [-0.25, -0.2) is 14.4 Å². The summed E-state index contributed by atoms with van der Waals surface area (Å²) in [7, 11) is 0. The molecule has 1 atom stereocenters. The molecule has 3 amide bonds. The van der Waals surface area contributed by atoms with E-state index < -0.39 is 41.0 Å². The van der Waals surface area contributed by atoms with Gasteiger partial charge in [0, 0.05) is 29.8 Å². The molecule has 1 aromatic carbocycles. The van der Waals surface area contributed by atoms with Crippen LogP contribution in [0.1, 0.15) is 59.9 Å². The smallest absolute Gasteiger partial charge is 0.414 e. The number of fused-ring (bicyclic) bond motifs is 1. The number of rotatable bonds is 6. The van der Waals surface area contributed by atoms with E-state index in [0.717, 1.165) is 10.9 Å². The lowest BCUT2D eigenvalue weighted by molar-refractivity contribution is -0.117. The van der Waals surface area contributed by atoms with Crippen LogP contribution in [0.5, 0.6) is 0 Å². The van der Waals surface area contributed by atoms with Crippen LogP contribution in [0.2, 0.25) is 0 Å². The molecule has 1 heterocycles. The molecule has 38 heavy (non-hydrogen) atoms. The second kappa shape index (κ2) is 12.5. The van der Waals surface area contributed by atoms with E-state index in [0.29, 0.717) is 17.7 Å². The first-order chi connectivity index (χ1) is 17.5. The lowest BCUT2D eigenvalue weighted by Crippen LogP contribution is -2.47. The number of hydrogen-bond donors (Lipinski definition) is 4. The van der Waals surface area contributed by atoms with Crippen molar-refractivity contribution in [3.05, 3.63) is 40.2 Å². The zero-order valence-corrected chi connectivity index (χ0v) is 22.9. The van der Waals surface area contributed by atoms with Gasteiger partial charge in [0.1, 0.15) is 16.8 Å². The summed E-state index contributed by atoms with van der Waals surface area (Å²) in [6.45, 7) is 12.1. The zero-order valence-electron chi connectivity index (χ0n) is 22.9. The van der Waals surface area contributed by atoms with Crippen molar-refractivity contribution in [3.63, 3.8) is 0 Å². The van der Waals surface area contributed by atoms with Gasteiger partial charge in [-0.1, -0.05) is 0 Å². The number of nitrogens with two attached hydrogens (primary N) is 1. The van der Waals surface area contributed by atoms with Gasteiger partial charge in [-0.3, -0.25) is 20.4 Å². The molecule has 0 aliphatic heterocycles. The summed E-state index contributed by atoms with van der Waals surface area (Å²) in [5, 5.41) is 8.26. The Balaban J connectivity index is 1.97. The predicted octanol–water partition coefficient (Wildman–Crippen LogP) is 3.55. The summed E-state index contributed by atoms with van der Waals surface area (Å²) < 4.78 is 15.6. The van der Waals surface area contributed by atoms with Crippen LogP contribution in [0.15, 0.2) is 38.5 Å². The number of amides is 3. The van der Waals surface area contributed by atoms with Crippen molar-refractivity contribution >= 4 is 40.7 Å². The number of carbonyl (C=O) groups is 3. The molecule has 12 heteroatoms. The van der Waals surface area contributed by atoms with Crippen LogP contribution in [0.3, 0.4) is 0 Å². The monoisotopic (exact) mass is 531 g/mol. The topological polar surface area (TPSA) is 174 Å². The normalized spacial score (nSPS) is 12.3. The minimum Gasteiger partial charge on any atom is -0.444 e. The number of anilines is 1. The first-order valence-electron chi connectivity index (χ1n) is 12.2. The molecule has 2 rings (SSSR count). The fraction of sp³-hybridized carbons (Fsp3) is 0.500. The van der Waals surface area contributed by atoms with E-state index in [1.54, 1.807) is 66.7 Å².